The van der Waals surface area contributed by atoms with Crippen LogP contribution in [-0.4, -0.2) is 22.9 Å². The highest BCUT2D eigenvalue weighted by atomic mass is 15.3. The Morgan fingerprint density at radius 3 is 3.06 bits per heavy atom. The molecule has 0 aliphatic carbocycles. The first kappa shape index (κ1) is 11.6. The second kappa shape index (κ2) is 5.48. The van der Waals surface area contributed by atoms with Crippen LogP contribution in [0.1, 0.15) is 37.6 Å². The van der Waals surface area contributed by atoms with E-state index in [1.165, 1.54) is 50.2 Å². The summed E-state index contributed by atoms with van der Waals surface area (Å²) < 4.78 is 2.07. The summed E-state index contributed by atoms with van der Waals surface area (Å²) in [4.78, 5) is 0. The Morgan fingerprint density at radius 1 is 1.44 bits per heavy atom. The predicted octanol–water partition coefficient (Wildman–Crippen LogP) is 1.91. The van der Waals surface area contributed by atoms with E-state index in [1.807, 2.05) is 0 Å². The van der Waals surface area contributed by atoms with Gasteiger partial charge in [0.25, 0.3) is 0 Å². The van der Waals surface area contributed by atoms with Gasteiger partial charge in [-0.2, -0.15) is 5.10 Å². The minimum atomic E-state index is 0.843. The third kappa shape index (κ3) is 2.85. The van der Waals surface area contributed by atoms with E-state index in [0.29, 0.717) is 0 Å². The lowest BCUT2D eigenvalue weighted by molar-refractivity contribution is 0.455. The zero-order chi connectivity index (χ0) is 11.4. The molecule has 1 unspecified atom stereocenters. The summed E-state index contributed by atoms with van der Waals surface area (Å²) in [6.45, 7) is 4.55. The summed E-state index contributed by atoms with van der Waals surface area (Å²) in [5.74, 6) is 0.843. The van der Waals surface area contributed by atoms with E-state index >= 15 is 0 Å². The van der Waals surface area contributed by atoms with Gasteiger partial charge in [0, 0.05) is 12.7 Å². The molecule has 2 heterocycles. The van der Waals surface area contributed by atoms with Gasteiger partial charge in [0.05, 0.1) is 5.69 Å². The van der Waals surface area contributed by atoms with Crippen LogP contribution < -0.4 is 5.32 Å². The number of nitrogens with zero attached hydrogens (tertiary/aromatic N) is 2. The Morgan fingerprint density at radius 2 is 2.31 bits per heavy atom. The Kier molecular flexibility index (Phi) is 3.99. The third-order valence-electron chi connectivity index (χ3n) is 3.58. The van der Waals surface area contributed by atoms with Crippen LogP contribution in [0, 0.1) is 5.92 Å². The van der Waals surface area contributed by atoms with Gasteiger partial charge in [0.1, 0.15) is 0 Å². The van der Waals surface area contributed by atoms with Crippen LogP contribution in [-0.2, 0) is 19.9 Å². The molecular formula is C13H23N3. The first-order chi connectivity index (χ1) is 7.79. The van der Waals surface area contributed by atoms with Gasteiger partial charge in [0.2, 0.25) is 0 Å². The van der Waals surface area contributed by atoms with Crippen molar-refractivity contribution in [1.29, 1.82) is 0 Å². The first-order valence-corrected chi connectivity index (χ1v) is 6.52. The van der Waals surface area contributed by atoms with Gasteiger partial charge in [-0.15, -0.1) is 0 Å². The quantitative estimate of drug-likeness (QED) is 0.845. The molecule has 0 saturated carbocycles. The van der Waals surface area contributed by atoms with Crippen LogP contribution in [0.5, 0.6) is 0 Å². The van der Waals surface area contributed by atoms with Gasteiger partial charge in [0.15, 0.2) is 0 Å². The van der Waals surface area contributed by atoms with E-state index in [9.17, 15) is 0 Å². The van der Waals surface area contributed by atoms with Crippen LogP contribution in [0.15, 0.2) is 6.07 Å². The zero-order valence-electron chi connectivity index (χ0n) is 10.5. The van der Waals surface area contributed by atoms with E-state index < -0.39 is 0 Å². The van der Waals surface area contributed by atoms with E-state index in [2.05, 4.69) is 35.1 Å². The molecule has 90 valence electrons. The number of rotatable bonds is 3. The Hall–Kier alpha value is -0.830. The molecule has 1 aliphatic heterocycles. The van der Waals surface area contributed by atoms with Crippen molar-refractivity contribution in [3.63, 3.8) is 0 Å². The molecule has 3 heteroatoms. The van der Waals surface area contributed by atoms with E-state index in [0.717, 1.165) is 12.3 Å². The monoisotopic (exact) mass is 221 g/mol. The topological polar surface area (TPSA) is 29.9 Å². The third-order valence-corrected chi connectivity index (χ3v) is 3.58. The highest BCUT2D eigenvalue weighted by Gasteiger charge is 2.14. The van der Waals surface area contributed by atoms with Crippen molar-refractivity contribution in [2.45, 2.75) is 39.0 Å². The van der Waals surface area contributed by atoms with Crippen LogP contribution in [0.3, 0.4) is 0 Å². The standard InChI is InChI=1S/C13H23N3/c1-3-12-10-13(16(2)15-12)9-11-5-4-7-14-8-6-11/h10-11,14H,3-9H2,1-2H3. The largest absolute Gasteiger partial charge is 0.317 e. The van der Waals surface area contributed by atoms with Crippen molar-refractivity contribution in [2.75, 3.05) is 13.1 Å². The summed E-state index contributed by atoms with van der Waals surface area (Å²) in [6, 6.07) is 2.28. The number of aromatic nitrogens is 2. The van der Waals surface area contributed by atoms with Gasteiger partial charge in [-0.25, -0.2) is 0 Å². The maximum atomic E-state index is 4.52. The van der Waals surface area contributed by atoms with Crippen molar-refractivity contribution < 1.29 is 0 Å². The van der Waals surface area contributed by atoms with Gasteiger partial charge < -0.3 is 5.32 Å². The summed E-state index contributed by atoms with van der Waals surface area (Å²) in [6.07, 6.45) is 6.24. The molecule has 0 bridgehead atoms. The number of aryl methyl sites for hydroxylation is 2. The molecule has 0 amide bonds. The number of nitrogens with one attached hydrogen (secondary N) is 1. The Labute approximate surface area is 98.2 Å². The lowest BCUT2D eigenvalue weighted by Gasteiger charge is -2.13. The second-order valence-corrected chi connectivity index (χ2v) is 4.86. The van der Waals surface area contributed by atoms with Crippen LogP contribution in [0.4, 0.5) is 0 Å². The average Bonchev–Trinajstić information content (AvgIpc) is 2.51. The SMILES string of the molecule is CCc1cc(CC2CCCNCC2)n(C)n1. The normalized spacial score (nSPS) is 22.0. The molecule has 1 aliphatic rings. The van der Waals surface area contributed by atoms with Gasteiger partial charge in [-0.1, -0.05) is 6.92 Å². The molecule has 1 saturated heterocycles. The Balaban J connectivity index is 1.98. The van der Waals surface area contributed by atoms with E-state index in [1.54, 1.807) is 0 Å². The fourth-order valence-corrected chi connectivity index (χ4v) is 2.53. The van der Waals surface area contributed by atoms with Gasteiger partial charge in [-0.05, 0) is 57.2 Å². The summed E-state index contributed by atoms with van der Waals surface area (Å²) >= 11 is 0. The molecule has 1 fully saturated rings. The zero-order valence-corrected chi connectivity index (χ0v) is 10.5. The molecule has 0 spiro atoms. The molecule has 1 aromatic heterocycles. The highest BCUT2D eigenvalue weighted by molar-refractivity contribution is 5.10. The molecule has 2 rings (SSSR count). The van der Waals surface area contributed by atoms with Gasteiger partial charge >= 0.3 is 0 Å². The van der Waals surface area contributed by atoms with Crippen LogP contribution in [0.25, 0.3) is 0 Å². The molecule has 1 aromatic rings. The van der Waals surface area contributed by atoms with Gasteiger partial charge in [-0.3, -0.25) is 4.68 Å². The van der Waals surface area contributed by atoms with E-state index in [-0.39, 0.29) is 0 Å². The van der Waals surface area contributed by atoms with Crippen LogP contribution in [0.2, 0.25) is 0 Å². The Bertz CT molecular complexity index is 322. The summed E-state index contributed by atoms with van der Waals surface area (Å²) in [5.41, 5.74) is 2.63. The molecule has 3 nitrogen and oxygen atoms in total. The molecule has 1 N–H and O–H groups in total. The minimum absolute atomic E-state index is 0.843. The van der Waals surface area contributed by atoms with Crippen molar-refractivity contribution in [3.05, 3.63) is 17.5 Å². The lowest BCUT2D eigenvalue weighted by atomic mass is 9.95. The molecular weight excluding hydrogens is 198 g/mol. The fourth-order valence-electron chi connectivity index (χ4n) is 2.53. The first-order valence-electron chi connectivity index (χ1n) is 6.52. The maximum absolute atomic E-state index is 4.52. The second-order valence-electron chi connectivity index (χ2n) is 4.86. The number of hydrogen-bond donors (Lipinski definition) is 1. The van der Waals surface area contributed by atoms with Crippen molar-refractivity contribution >= 4 is 0 Å². The molecule has 1 atom stereocenters. The number of hydrogen-bond acceptors (Lipinski definition) is 2. The van der Waals surface area contributed by atoms with Crippen molar-refractivity contribution in [1.82, 2.24) is 15.1 Å². The maximum Gasteiger partial charge on any atom is 0.0624 e. The molecule has 0 radical (unpaired) electrons. The molecule has 0 aromatic carbocycles. The smallest absolute Gasteiger partial charge is 0.0624 e. The predicted molar refractivity (Wildman–Crippen MR) is 66.5 cm³/mol. The van der Waals surface area contributed by atoms with Crippen LogP contribution >= 0.6 is 0 Å². The highest BCUT2D eigenvalue weighted by Crippen LogP contribution is 2.19. The lowest BCUT2D eigenvalue weighted by Crippen LogP contribution is -2.15. The fraction of sp³-hybridized carbons (Fsp3) is 0.769. The average molecular weight is 221 g/mol. The van der Waals surface area contributed by atoms with E-state index in [4.69, 9.17) is 0 Å². The molecule has 16 heavy (non-hydrogen) atoms. The van der Waals surface area contributed by atoms with Crippen molar-refractivity contribution in [2.24, 2.45) is 13.0 Å². The summed E-state index contributed by atoms with van der Waals surface area (Å²) in [7, 11) is 2.07. The van der Waals surface area contributed by atoms with Crippen molar-refractivity contribution in [3.8, 4) is 0 Å². The summed E-state index contributed by atoms with van der Waals surface area (Å²) in [5, 5.41) is 7.99. The minimum Gasteiger partial charge on any atom is -0.317 e.